The largest absolute Gasteiger partial charge is 0.381 e. The first-order chi connectivity index (χ1) is 9.80. The summed E-state index contributed by atoms with van der Waals surface area (Å²) in [6.45, 7) is 5.26. The summed E-state index contributed by atoms with van der Waals surface area (Å²) in [6.07, 6.45) is 11.4. The Bertz CT molecular complexity index is 258. The van der Waals surface area contributed by atoms with Crippen molar-refractivity contribution in [3.05, 3.63) is 0 Å². The Labute approximate surface area is 124 Å². The maximum atomic E-state index is 6.09. The van der Waals surface area contributed by atoms with Gasteiger partial charge in [-0.25, -0.2) is 0 Å². The van der Waals surface area contributed by atoms with E-state index in [4.69, 9.17) is 9.47 Å². The van der Waals surface area contributed by atoms with Crippen LogP contribution >= 0.6 is 0 Å². The van der Waals surface area contributed by atoms with Gasteiger partial charge in [0.05, 0.1) is 5.60 Å². The fourth-order valence-corrected chi connectivity index (χ4v) is 3.96. The number of nitrogens with one attached hydrogen (secondary N) is 1. The molecule has 3 heteroatoms. The van der Waals surface area contributed by atoms with Gasteiger partial charge < -0.3 is 14.8 Å². The average molecular weight is 283 g/mol. The van der Waals surface area contributed by atoms with Crippen LogP contribution in [0.2, 0.25) is 0 Å². The van der Waals surface area contributed by atoms with Gasteiger partial charge in [0.2, 0.25) is 0 Å². The Balaban J connectivity index is 1.99. The first-order valence-electron chi connectivity index (χ1n) is 8.67. The van der Waals surface area contributed by atoms with E-state index in [2.05, 4.69) is 12.2 Å². The van der Waals surface area contributed by atoms with Crippen molar-refractivity contribution in [3.8, 4) is 0 Å². The zero-order valence-electron chi connectivity index (χ0n) is 13.5. The summed E-state index contributed by atoms with van der Waals surface area (Å²) in [5.41, 5.74) is 0.0890. The van der Waals surface area contributed by atoms with E-state index in [1.54, 1.807) is 0 Å². The van der Waals surface area contributed by atoms with E-state index in [-0.39, 0.29) is 5.60 Å². The van der Waals surface area contributed by atoms with Crippen LogP contribution in [0.3, 0.4) is 0 Å². The predicted molar refractivity (Wildman–Crippen MR) is 83.1 cm³/mol. The van der Waals surface area contributed by atoms with Crippen LogP contribution in [0.25, 0.3) is 0 Å². The predicted octanol–water partition coefficient (Wildman–Crippen LogP) is 3.52. The Morgan fingerprint density at radius 1 is 1.20 bits per heavy atom. The van der Waals surface area contributed by atoms with E-state index < -0.39 is 0 Å². The van der Waals surface area contributed by atoms with Gasteiger partial charge in [0, 0.05) is 26.4 Å². The van der Waals surface area contributed by atoms with Crippen LogP contribution in [0.4, 0.5) is 0 Å². The van der Waals surface area contributed by atoms with Crippen molar-refractivity contribution in [1.29, 1.82) is 0 Å². The number of ether oxygens (including phenoxy) is 2. The molecule has 2 fully saturated rings. The zero-order chi connectivity index (χ0) is 14.3. The maximum absolute atomic E-state index is 6.09. The number of rotatable bonds is 7. The smallest absolute Gasteiger partial charge is 0.0831 e. The van der Waals surface area contributed by atoms with Crippen molar-refractivity contribution in [3.63, 3.8) is 0 Å². The SMILES string of the molecule is CCCNC(CC1CCOCC1)C1(OC)CCCCC1. The zero-order valence-corrected chi connectivity index (χ0v) is 13.5. The molecule has 0 aromatic rings. The Hall–Kier alpha value is -0.120. The second-order valence-electron chi connectivity index (χ2n) is 6.63. The molecule has 118 valence electrons. The van der Waals surface area contributed by atoms with Crippen molar-refractivity contribution in [1.82, 2.24) is 5.32 Å². The van der Waals surface area contributed by atoms with Gasteiger partial charge in [-0.3, -0.25) is 0 Å². The lowest BCUT2D eigenvalue weighted by Gasteiger charge is -2.44. The molecule has 1 aliphatic heterocycles. The molecule has 3 nitrogen and oxygen atoms in total. The van der Waals surface area contributed by atoms with Crippen LogP contribution in [0, 0.1) is 5.92 Å². The third-order valence-electron chi connectivity index (χ3n) is 5.29. The molecule has 20 heavy (non-hydrogen) atoms. The summed E-state index contributed by atoms with van der Waals surface area (Å²) >= 11 is 0. The lowest BCUT2D eigenvalue weighted by Crippen LogP contribution is -2.54. The second kappa shape index (κ2) is 8.35. The number of hydrogen-bond donors (Lipinski definition) is 1. The van der Waals surface area contributed by atoms with Crippen molar-refractivity contribution in [2.24, 2.45) is 5.92 Å². The highest BCUT2D eigenvalue weighted by Gasteiger charge is 2.40. The molecule has 1 N–H and O–H groups in total. The summed E-state index contributed by atoms with van der Waals surface area (Å²) < 4.78 is 11.6. The van der Waals surface area contributed by atoms with Crippen LogP contribution < -0.4 is 5.32 Å². The first kappa shape index (κ1) is 16.3. The molecule has 1 saturated carbocycles. The molecule has 1 heterocycles. The molecule has 1 atom stereocenters. The highest BCUT2D eigenvalue weighted by molar-refractivity contribution is 4.96. The topological polar surface area (TPSA) is 30.5 Å². The first-order valence-corrected chi connectivity index (χ1v) is 8.67. The molecule has 0 aromatic carbocycles. The summed E-state index contributed by atoms with van der Waals surface area (Å²) in [5.74, 6) is 0.812. The van der Waals surface area contributed by atoms with Gasteiger partial charge >= 0.3 is 0 Å². The van der Waals surface area contributed by atoms with E-state index in [9.17, 15) is 0 Å². The van der Waals surface area contributed by atoms with Gasteiger partial charge in [-0.05, 0) is 51.0 Å². The second-order valence-corrected chi connectivity index (χ2v) is 6.63. The van der Waals surface area contributed by atoms with Gasteiger partial charge in [-0.15, -0.1) is 0 Å². The van der Waals surface area contributed by atoms with E-state index >= 15 is 0 Å². The van der Waals surface area contributed by atoms with E-state index in [1.807, 2.05) is 7.11 Å². The standard InChI is InChI=1S/C17H33NO2/c1-3-11-18-16(14-15-7-12-20-13-8-15)17(19-2)9-5-4-6-10-17/h15-16,18H,3-14H2,1-2H3. The third kappa shape index (κ3) is 4.19. The molecule has 2 rings (SSSR count). The minimum absolute atomic E-state index is 0.0890. The molecular formula is C17H33NO2. The molecule has 1 aliphatic carbocycles. The Morgan fingerprint density at radius 2 is 1.90 bits per heavy atom. The summed E-state index contributed by atoms with van der Waals surface area (Å²) in [6, 6.07) is 0.524. The molecule has 0 spiro atoms. The van der Waals surface area contributed by atoms with Gasteiger partial charge in [-0.2, -0.15) is 0 Å². The van der Waals surface area contributed by atoms with E-state index in [1.165, 1.54) is 57.8 Å². The Kier molecular flexibility index (Phi) is 6.79. The van der Waals surface area contributed by atoms with Gasteiger partial charge in [-0.1, -0.05) is 26.2 Å². The van der Waals surface area contributed by atoms with Gasteiger partial charge in [0.25, 0.3) is 0 Å². The third-order valence-corrected chi connectivity index (χ3v) is 5.29. The lowest BCUT2D eigenvalue weighted by atomic mass is 9.75. The van der Waals surface area contributed by atoms with Crippen molar-refractivity contribution < 1.29 is 9.47 Å². The van der Waals surface area contributed by atoms with Crippen LogP contribution in [0.1, 0.15) is 64.7 Å². The van der Waals surface area contributed by atoms with Crippen LogP contribution in [-0.2, 0) is 9.47 Å². The van der Waals surface area contributed by atoms with Crippen LogP contribution in [-0.4, -0.2) is 38.5 Å². The molecule has 2 aliphatic rings. The minimum atomic E-state index is 0.0890. The number of methoxy groups -OCH3 is 1. The van der Waals surface area contributed by atoms with Gasteiger partial charge in [0.15, 0.2) is 0 Å². The van der Waals surface area contributed by atoms with Crippen molar-refractivity contribution in [2.45, 2.75) is 76.4 Å². The normalized spacial score (nSPS) is 25.5. The average Bonchev–Trinajstić information content (AvgIpc) is 2.53. The highest BCUT2D eigenvalue weighted by Crippen LogP contribution is 2.37. The molecule has 1 unspecified atom stereocenters. The van der Waals surface area contributed by atoms with E-state index in [0.29, 0.717) is 6.04 Å². The van der Waals surface area contributed by atoms with Crippen molar-refractivity contribution >= 4 is 0 Å². The van der Waals surface area contributed by atoms with Crippen molar-refractivity contribution in [2.75, 3.05) is 26.9 Å². The molecular weight excluding hydrogens is 250 g/mol. The number of hydrogen-bond acceptors (Lipinski definition) is 3. The highest BCUT2D eigenvalue weighted by atomic mass is 16.5. The van der Waals surface area contributed by atoms with Gasteiger partial charge in [0.1, 0.15) is 0 Å². The molecule has 0 radical (unpaired) electrons. The lowest BCUT2D eigenvalue weighted by molar-refractivity contribution is -0.0758. The molecule has 0 bridgehead atoms. The maximum Gasteiger partial charge on any atom is 0.0831 e. The fraction of sp³-hybridized carbons (Fsp3) is 1.00. The summed E-state index contributed by atoms with van der Waals surface area (Å²) in [7, 11) is 1.93. The monoisotopic (exact) mass is 283 g/mol. The molecule has 1 saturated heterocycles. The van der Waals surface area contributed by atoms with Crippen LogP contribution in [0.5, 0.6) is 0 Å². The molecule has 0 amide bonds. The minimum Gasteiger partial charge on any atom is -0.381 e. The molecule has 0 aromatic heterocycles. The summed E-state index contributed by atoms with van der Waals surface area (Å²) in [4.78, 5) is 0. The summed E-state index contributed by atoms with van der Waals surface area (Å²) in [5, 5.41) is 3.81. The Morgan fingerprint density at radius 3 is 2.50 bits per heavy atom. The van der Waals surface area contributed by atoms with Crippen LogP contribution in [0.15, 0.2) is 0 Å². The van der Waals surface area contributed by atoms with E-state index in [0.717, 1.165) is 25.7 Å². The fourth-order valence-electron chi connectivity index (χ4n) is 3.96. The quantitative estimate of drug-likeness (QED) is 0.775.